The summed E-state index contributed by atoms with van der Waals surface area (Å²) in [4.78, 5) is 14.4. The number of anilines is 2. The standard InChI is InChI=1S/C20H27N5/c1-2-18-13-19(24-11-8-17(21)9-12-24)23-20(22-18)25-10-7-15-5-3-4-6-16(15)14-25/h3-6,13,17H,2,7-12,14,21H2,1H3. The van der Waals surface area contributed by atoms with Gasteiger partial charge in [0.05, 0.1) is 0 Å². The summed E-state index contributed by atoms with van der Waals surface area (Å²) >= 11 is 0. The Labute approximate surface area is 149 Å². The van der Waals surface area contributed by atoms with Gasteiger partial charge in [-0.3, -0.25) is 0 Å². The van der Waals surface area contributed by atoms with Gasteiger partial charge in [0.25, 0.3) is 0 Å². The first-order valence-corrected chi connectivity index (χ1v) is 9.43. The summed E-state index contributed by atoms with van der Waals surface area (Å²) in [6.07, 6.45) is 4.07. The first-order chi connectivity index (χ1) is 12.2. The minimum atomic E-state index is 0.335. The van der Waals surface area contributed by atoms with Crippen LogP contribution in [0.2, 0.25) is 0 Å². The maximum atomic E-state index is 6.06. The number of aryl methyl sites for hydroxylation is 1. The summed E-state index contributed by atoms with van der Waals surface area (Å²) in [6.45, 7) is 6.02. The van der Waals surface area contributed by atoms with Crippen LogP contribution in [0.5, 0.6) is 0 Å². The fourth-order valence-electron chi connectivity index (χ4n) is 3.75. The Morgan fingerprint density at radius 3 is 2.56 bits per heavy atom. The van der Waals surface area contributed by atoms with Crippen molar-refractivity contribution < 1.29 is 0 Å². The highest BCUT2D eigenvalue weighted by atomic mass is 15.3. The second-order valence-electron chi connectivity index (χ2n) is 7.14. The lowest BCUT2D eigenvalue weighted by Gasteiger charge is -2.33. The van der Waals surface area contributed by atoms with E-state index >= 15 is 0 Å². The van der Waals surface area contributed by atoms with Crippen molar-refractivity contribution in [2.45, 2.75) is 45.2 Å². The van der Waals surface area contributed by atoms with E-state index in [0.29, 0.717) is 6.04 Å². The van der Waals surface area contributed by atoms with Crippen LogP contribution >= 0.6 is 0 Å². The van der Waals surface area contributed by atoms with Crippen molar-refractivity contribution in [2.75, 3.05) is 29.4 Å². The van der Waals surface area contributed by atoms with Crippen LogP contribution < -0.4 is 15.5 Å². The minimum absolute atomic E-state index is 0.335. The second-order valence-corrected chi connectivity index (χ2v) is 7.14. The van der Waals surface area contributed by atoms with Gasteiger partial charge in [0.15, 0.2) is 0 Å². The van der Waals surface area contributed by atoms with Crippen molar-refractivity contribution in [1.29, 1.82) is 0 Å². The van der Waals surface area contributed by atoms with Gasteiger partial charge in [-0.05, 0) is 36.8 Å². The quantitative estimate of drug-likeness (QED) is 0.933. The Kier molecular flexibility index (Phi) is 4.57. The average molecular weight is 337 g/mol. The highest BCUT2D eigenvalue weighted by Crippen LogP contribution is 2.25. The fourth-order valence-corrected chi connectivity index (χ4v) is 3.75. The van der Waals surface area contributed by atoms with Crippen molar-refractivity contribution in [2.24, 2.45) is 5.73 Å². The SMILES string of the molecule is CCc1cc(N2CCC(N)CC2)nc(N2CCc3ccccc3C2)n1. The zero-order valence-electron chi connectivity index (χ0n) is 15.0. The molecule has 0 saturated carbocycles. The van der Waals surface area contributed by atoms with E-state index in [1.54, 1.807) is 0 Å². The molecule has 5 heteroatoms. The lowest BCUT2D eigenvalue weighted by atomic mass is 10.0. The van der Waals surface area contributed by atoms with Crippen molar-refractivity contribution in [3.8, 4) is 0 Å². The van der Waals surface area contributed by atoms with Gasteiger partial charge < -0.3 is 15.5 Å². The molecule has 0 unspecified atom stereocenters. The van der Waals surface area contributed by atoms with E-state index < -0.39 is 0 Å². The van der Waals surface area contributed by atoms with Crippen molar-refractivity contribution in [1.82, 2.24) is 9.97 Å². The molecule has 25 heavy (non-hydrogen) atoms. The molecule has 0 amide bonds. The normalized spacial score (nSPS) is 18.3. The number of benzene rings is 1. The third-order valence-electron chi connectivity index (χ3n) is 5.39. The van der Waals surface area contributed by atoms with E-state index in [1.807, 2.05) is 0 Å². The zero-order valence-corrected chi connectivity index (χ0v) is 15.0. The molecule has 1 fully saturated rings. The maximum Gasteiger partial charge on any atom is 0.227 e. The summed E-state index contributed by atoms with van der Waals surface area (Å²) in [5.74, 6) is 1.94. The second kappa shape index (κ2) is 7.00. The first kappa shape index (κ1) is 16.3. The molecule has 132 valence electrons. The predicted molar refractivity (Wildman–Crippen MR) is 102 cm³/mol. The predicted octanol–water partition coefficient (Wildman–Crippen LogP) is 2.53. The Morgan fingerprint density at radius 2 is 1.80 bits per heavy atom. The van der Waals surface area contributed by atoms with E-state index in [4.69, 9.17) is 15.7 Å². The van der Waals surface area contributed by atoms with Crippen LogP contribution in [-0.2, 0) is 19.4 Å². The van der Waals surface area contributed by atoms with E-state index in [-0.39, 0.29) is 0 Å². The van der Waals surface area contributed by atoms with Gasteiger partial charge in [0.1, 0.15) is 5.82 Å². The molecule has 0 bridgehead atoms. The van der Waals surface area contributed by atoms with Gasteiger partial charge in [-0.15, -0.1) is 0 Å². The number of rotatable bonds is 3. The highest BCUT2D eigenvalue weighted by Gasteiger charge is 2.22. The molecule has 2 aliphatic heterocycles. The summed E-state index contributed by atoms with van der Waals surface area (Å²) in [6, 6.07) is 11.2. The molecule has 1 aromatic carbocycles. The van der Waals surface area contributed by atoms with Crippen molar-refractivity contribution in [3.05, 3.63) is 47.2 Å². The largest absolute Gasteiger partial charge is 0.356 e. The molecule has 0 aliphatic carbocycles. The van der Waals surface area contributed by atoms with E-state index in [2.05, 4.69) is 47.1 Å². The molecule has 0 atom stereocenters. The van der Waals surface area contributed by atoms with Crippen molar-refractivity contribution in [3.63, 3.8) is 0 Å². The van der Waals surface area contributed by atoms with Crippen LogP contribution in [0, 0.1) is 0 Å². The Morgan fingerprint density at radius 1 is 1.04 bits per heavy atom. The van der Waals surface area contributed by atoms with Crippen LogP contribution in [-0.4, -0.2) is 35.6 Å². The minimum Gasteiger partial charge on any atom is -0.356 e. The number of aromatic nitrogens is 2. The lowest BCUT2D eigenvalue weighted by molar-refractivity contribution is 0.498. The van der Waals surface area contributed by atoms with Crippen LogP contribution in [0.1, 0.15) is 36.6 Å². The number of nitrogens with zero attached hydrogens (tertiary/aromatic N) is 4. The summed E-state index contributed by atoms with van der Waals surface area (Å²) < 4.78 is 0. The Hall–Kier alpha value is -2.14. The number of piperidine rings is 1. The molecule has 1 saturated heterocycles. The number of hydrogen-bond acceptors (Lipinski definition) is 5. The number of nitrogens with two attached hydrogens (primary N) is 1. The van der Waals surface area contributed by atoms with E-state index in [0.717, 1.165) is 69.3 Å². The van der Waals surface area contributed by atoms with Gasteiger partial charge in [-0.25, -0.2) is 4.98 Å². The maximum absolute atomic E-state index is 6.06. The van der Waals surface area contributed by atoms with Gasteiger partial charge in [-0.2, -0.15) is 4.98 Å². The van der Waals surface area contributed by atoms with Crippen LogP contribution in [0.3, 0.4) is 0 Å². The van der Waals surface area contributed by atoms with E-state index in [1.165, 1.54) is 11.1 Å². The first-order valence-electron chi connectivity index (χ1n) is 9.43. The summed E-state index contributed by atoms with van der Waals surface area (Å²) in [5, 5.41) is 0. The Bertz CT molecular complexity index is 737. The van der Waals surface area contributed by atoms with Crippen LogP contribution in [0.25, 0.3) is 0 Å². The molecule has 4 rings (SSSR count). The third kappa shape index (κ3) is 3.47. The van der Waals surface area contributed by atoms with Gasteiger partial charge in [-0.1, -0.05) is 31.2 Å². The number of hydrogen-bond donors (Lipinski definition) is 1. The summed E-state index contributed by atoms with van der Waals surface area (Å²) in [5.41, 5.74) is 10.0. The molecular formula is C20H27N5. The fraction of sp³-hybridized carbons (Fsp3) is 0.500. The van der Waals surface area contributed by atoms with Gasteiger partial charge in [0.2, 0.25) is 5.95 Å². The highest BCUT2D eigenvalue weighted by molar-refractivity contribution is 5.48. The van der Waals surface area contributed by atoms with Crippen LogP contribution in [0.4, 0.5) is 11.8 Å². The topological polar surface area (TPSA) is 58.3 Å². The molecule has 2 aromatic rings. The van der Waals surface area contributed by atoms with Gasteiger partial charge >= 0.3 is 0 Å². The molecule has 1 aromatic heterocycles. The molecule has 0 spiro atoms. The molecule has 2 aliphatic rings. The molecule has 3 heterocycles. The van der Waals surface area contributed by atoms with Crippen LogP contribution in [0.15, 0.2) is 30.3 Å². The molecule has 0 radical (unpaired) electrons. The molecule has 5 nitrogen and oxygen atoms in total. The number of fused-ring (bicyclic) bond motifs is 1. The third-order valence-corrected chi connectivity index (χ3v) is 5.39. The van der Waals surface area contributed by atoms with E-state index in [9.17, 15) is 0 Å². The molecular weight excluding hydrogens is 310 g/mol. The molecule has 2 N–H and O–H groups in total. The smallest absolute Gasteiger partial charge is 0.227 e. The van der Waals surface area contributed by atoms with Crippen molar-refractivity contribution >= 4 is 11.8 Å². The Balaban J connectivity index is 1.60. The lowest BCUT2D eigenvalue weighted by Crippen LogP contribution is -2.40. The summed E-state index contributed by atoms with van der Waals surface area (Å²) in [7, 11) is 0. The van der Waals surface area contributed by atoms with Gasteiger partial charge in [0, 0.05) is 44.0 Å². The monoisotopic (exact) mass is 337 g/mol. The zero-order chi connectivity index (χ0) is 17.2. The average Bonchev–Trinajstić information content (AvgIpc) is 2.67.